The smallest absolute Gasteiger partial charge is 0.237 e. The molecule has 2 aromatic rings. The number of anilines is 1. The average molecular weight is 244 g/mol. The summed E-state index contributed by atoms with van der Waals surface area (Å²) in [7, 11) is 0. The van der Waals surface area contributed by atoms with Crippen LogP contribution in [0.4, 0.5) is 5.69 Å². The Balaban J connectivity index is 1.80. The molecular formula is C14H16N2O2. The Morgan fingerprint density at radius 3 is 2.50 bits per heavy atom. The molecule has 0 aliphatic heterocycles. The molecule has 4 nitrogen and oxygen atoms in total. The molecule has 4 heteroatoms. The third-order valence-electron chi connectivity index (χ3n) is 2.36. The number of hydrogen-bond acceptors (Lipinski definition) is 4. The Morgan fingerprint density at radius 1 is 1.00 bits per heavy atom. The van der Waals surface area contributed by atoms with Crippen molar-refractivity contribution in [1.82, 2.24) is 4.98 Å². The van der Waals surface area contributed by atoms with Crippen molar-refractivity contribution in [2.24, 2.45) is 0 Å². The zero-order chi connectivity index (χ0) is 12.8. The van der Waals surface area contributed by atoms with E-state index in [1.165, 1.54) is 0 Å². The average Bonchev–Trinajstić information content (AvgIpc) is 2.40. The molecule has 0 radical (unpaired) electrons. The topological polar surface area (TPSA) is 57.4 Å². The van der Waals surface area contributed by atoms with Crippen LogP contribution in [-0.2, 0) is 0 Å². The van der Waals surface area contributed by atoms with Crippen molar-refractivity contribution in [3.63, 3.8) is 0 Å². The molecule has 1 aromatic carbocycles. The van der Waals surface area contributed by atoms with Gasteiger partial charge in [-0.3, -0.25) is 0 Å². The standard InChI is InChI=1S/C14H16N2O2/c1-11-7-8-13(15)14(16-11)18-10-9-17-12-5-3-2-4-6-12/h2-8H,9-10,15H2,1H3. The normalized spacial score (nSPS) is 10.1. The van der Waals surface area contributed by atoms with Crippen molar-refractivity contribution >= 4 is 5.69 Å². The summed E-state index contributed by atoms with van der Waals surface area (Å²) in [6.45, 7) is 2.77. The summed E-state index contributed by atoms with van der Waals surface area (Å²) in [5.74, 6) is 1.29. The second-order valence-corrected chi connectivity index (χ2v) is 3.86. The van der Waals surface area contributed by atoms with Gasteiger partial charge < -0.3 is 15.2 Å². The molecule has 0 saturated heterocycles. The molecule has 0 bridgehead atoms. The van der Waals surface area contributed by atoms with Crippen LogP contribution in [-0.4, -0.2) is 18.2 Å². The molecule has 2 N–H and O–H groups in total. The van der Waals surface area contributed by atoms with Crippen molar-refractivity contribution in [2.75, 3.05) is 18.9 Å². The van der Waals surface area contributed by atoms with Gasteiger partial charge in [0.2, 0.25) is 5.88 Å². The van der Waals surface area contributed by atoms with E-state index in [1.807, 2.05) is 43.3 Å². The van der Waals surface area contributed by atoms with Crippen molar-refractivity contribution in [3.8, 4) is 11.6 Å². The fourth-order valence-electron chi connectivity index (χ4n) is 1.47. The van der Waals surface area contributed by atoms with Gasteiger partial charge in [0.05, 0.1) is 5.69 Å². The molecule has 0 amide bonds. The van der Waals surface area contributed by atoms with E-state index in [0.29, 0.717) is 24.8 Å². The first-order valence-corrected chi connectivity index (χ1v) is 5.79. The lowest BCUT2D eigenvalue weighted by atomic mass is 10.3. The van der Waals surface area contributed by atoms with E-state index in [9.17, 15) is 0 Å². The molecule has 0 saturated carbocycles. The fraction of sp³-hybridized carbons (Fsp3) is 0.214. The summed E-state index contributed by atoms with van der Waals surface area (Å²) in [5, 5.41) is 0. The molecule has 0 unspecified atom stereocenters. The first-order valence-electron chi connectivity index (χ1n) is 5.79. The van der Waals surface area contributed by atoms with Crippen molar-refractivity contribution in [1.29, 1.82) is 0 Å². The molecule has 18 heavy (non-hydrogen) atoms. The highest BCUT2D eigenvalue weighted by molar-refractivity contribution is 5.48. The number of aryl methyl sites for hydroxylation is 1. The summed E-state index contributed by atoms with van der Waals surface area (Å²) in [4.78, 5) is 4.21. The number of nitrogens with zero attached hydrogens (tertiary/aromatic N) is 1. The second kappa shape index (κ2) is 5.91. The summed E-state index contributed by atoms with van der Waals surface area (Å²) >= 11 is 0. The summed E-state index contributed by atoms with van der Waals surface area (Å²) in [6.07, 6.45) is 0. The highest BCUT2D eigenvalue weighted by Crippen LogP contribution is 2.17. The van der Waals surface area contributed by atoms with Crippen LogP contribution < -0.4 is 15.2 Å². The minimum atomic E-state index is 0.412. The lowest BCUT2D eigenvalue weighted by Crippen LogP contribution is -2.11. The van der Waals surface area contributed by atoms with Gasteiger partial charge in [-0.15, -0.1) is 0 Å². The molecule has 0 aliphatic carbocycles. The number of rotatable bonds is 5. The predicted molar refractivity (Wildman–Crippen MR) is 70.8 cm³/mol. The number of benzene rings is 1. The SMILES string of the molecule is Cc1ccc(N)c(OCCOc2ccccc2)n1. The van der Waals surface area contributed by atoms with E-state index in [0.717, 1.165) is 11.4 Å². The van der Waals surface area contributed by atoms with Crippen LogP contribution in [0.5, 0.6) is 11.6 Å². The lowest BCUT2D eigenvalue weighted by Gasteiger charge is -2.09. The fourth-order valence-corrected chi connectivity index (χ4v) is 1.47. The van der Waals surface area contributed by atoms with Crippen LogP contribution in [0.2, 0.25) is 0 Å². The number of pyridine rings is 1. The maximum absolute atomic E-state index is 5.75. The van der Waals surface area contributed by atoms with Gasteiger partial charge in [0, 0.05) is 5.69 Å². The molecule has 0 fully saturated rings. The number of ether oxygens (including phenoxy) is 2. The Bertz CT molecular complexity index is 500. The van der Waals surface area contributed by atoms with Crippen LogP contribution in [0, 0.1) is 6.92 Å². The summed E-state index contributed by atoms with van der Waals surface area (Å²) in [5.41, 5.74) is 7.17. The van der Waals surface area contributed by atoms with E-state index in [1.54, 1.807) is 6.07 Å². The van der Waals surface area contributed by atoms with Gasteiger partial charge in [-0.05, 0) is 31.2 Å². The highest BCUT2D eigenvalue weighted by atomic mass is 16.5. The highest BCUT2D eigenvalue weighted by Gasteiger charge is 2.02. The molecule has 94 valence electrons. The number of aromatic nitrogens is 1. The number of para-hydroxylation sites is 1. The van der Waals surface area contributed by atoms with Gasteiger partial charge >= 0.3 is 0 Å². The Morgan fingerprint density at radius 2 is 1.72 bits per heavy atom. The molecule has 0 atom stereocenters. The number of nitrogens with two attached hydrogens (primary N) is 1. The molecule has 1 aromatic heterocycles. The maximum Gasteiger partial charge on any atom is 0.237 e. The Kier molecular flexibility index (Phi) is 4.02. The van der Waals surface area contributed by atoms with Crippen LogP contribution in [0.3, 0.4) is 0 Å². The first kappa shape index (κ1) is 12.2. The summed E-state index contributed by atoms with van der Waals surface area (Å²) < 4.78 is 11.0. The third kappa shape index (κ3) is 3.38. The minimum Gasteiger partial charge on any atom is -0.490 e. The third-order valence-corrected chi connectivity index (χ3v) is 2.36. The lowest BCUT2D eigenvalue weighted by molar-refractivity contribution is 0.212. The van der Waals surface area contributed by atoms with Crippen molar-refractivity contribution in [3.05, 3.63) is 48.2 Å². The van der Waals surface area contributed by atoms with Crippen LogP contribution >= 0.6 is 0 Å². The molecular weight excluding hydrogens is 228 g/mol. The van der Waals surface area contributed by atoms with Gasteiger partial charge in [0.15, 0.2) is 0 Å². The quantitative estimate of drug-likeness (QED) is 0.821. The van der Waals surface area contributed by atoms with E-state index in [4.69, 9.17) is 15.2 Å². The van der Waals surface area contributed by atoms with Crippen molar-refractivity contribution in [2.45, 2.75) is 6.92 Å². The zero-order valence-corrected chi connectivity index (χ0v) is 10.3. The molecule has 0 spiro atoms. The van der Waals surface area contributed by atoms with Gasteiger partial charge in [-0.25, -0.2) is 4.98 Å². The summed E-state index contributed by atoms with van der Waals surface area (Å²) in [6, 6.07) is 13.2. The van der Waals surface area contributed by atoms with Crippen molar-refractivity contribution < 1.29 is 9.47 Å². The number of nitrogen functional groups attached to an aromatic ring is 1. The van der Waals surface area contributed by atoms with Crippen LogP contribution in [0.1, 0.15) is 5.69 Å². The Labute approximate surface area is 106 Å². The van der Waals surface area contributed by atoms with Gasteiger partial charge in [-0.1, -0.05) is 18.2 Å². The zero-order valence-electron chi connectivity index (χ0n) is 10.3. The molecule has 0 aliphatic rings. The van der Waals surface area contributed by atoms with E-state index < -0.39 is 0 Å². The minimum absolute atomic E-state index is 0.412. The van der Waals surface area contributed by atoms with Gasteiger partial charge in [0.25, 0.3) is 0 Å². The maximum atomic E-state index is 5.75. The van der Waals surface area contributed by atoms with E-state index in [2.05, 4.69) is 4.98 Å². The van der Waals surface area contributed by atoms with Gasteiger partial charge in [-0.2, -0.15) is 0 Å². The van der Waals surface area contributed by atoms with E-state index >= 15 is 0 Å². The molecule has 2 rings (SSSR count). The molecule has 1 heterocycles. The predicted octanol–water partition coefficient (Wildman–Crippen LogP) is 2.43. The largest absolute Gasteiger partial charge is 0.490 e. The van der Waals surface area contributed by atoms with Crippen LogP contribution in [0.15, 0.2) is 42.5 Å². The second-order valence-electron chi connectivity index (χ2n) is 3.86. The first-order chi connectivity index (χ1) is 8.75. The monoisotopic (exact) mass is 244 g/mol. The van der Waals surface area contributed by atoms with E-state index in [-0.39, 0.29) is 0 Å². The Hall–Kier alpha value is -2.23. The van der Waals surface area contributed by atoms with Crippen LogP contribution in [0.25, 0.3) is 0 Å². The van der Waals surface area contributed by atoms with Gasteiger partial charge in [0.1, 0.15) is 19.0 Å². The number of hydrogen-bond donors (Lipinski definition) is 1.